The molecule has 0 aliphatic heterocycles. The van der Waals surface area contributed by atoms with E-state index in [9.17, 15) is 0 Å². The fourth-order valence-electron chi connectivity index (χ4n) is 1.06. The first-order chi connectivity index (χ1) is 8.84. The molecule has 0 aliphatic carbocycles. The Morgan fingerprint density at radius 1 is 1.00 bits per heavy atom. The van der Waals surface area contributed by atoms with Gasteiger partial charge in [0.05, 0.1) is 12.4 Å². The number of rotatable bonds is 4. The van der Waals surface area contributed by atoms with Gasteiger partial charge in [-0.2, -0.15) is 10.2 Å². The third-order valence-electron chi connectivity index (χ3n) is 1.80. The Kier molecular flexibility index (Phi) is 5.00. The average molecular weight is 294 g/mol. The minimum absolute atomic E-state index is 0.357. The maximum atomic E-state index is 5.00. The Labute approximate surface area is 118 Å². The number of hydrazone groups is 2. The highest BCUT2D eigenvalue weighted by Gasteiger charge is 1.90. The summed E-state index contributed by atoms with van der Waals surface area (Å²) >= 11 is 8.22. The molecule has 4 nitrogen and oxygen atoms in total. The summed E-state index contributed by atoms with van der Waals surface area (Å²) in [6.45, 7) is 0. The van der Waals surface area contributed by atoms with Gasteiger partial charge in [0.2, 0.25) is 5.11 Å². The number of hydrogen-bond acceptors (Lipinski definition) is 5. The molecule has 0 radical (unpaired) electrons. The topological polar surface area (TPSA) is 48.8 Å². The zero-order valence-electron chi connectivity index (χ0n) is 9.24. The van der Waals surface area contributed by atoms with Gasteiger partial charge in [0, 0.05) is 9.75 Å². The summed E-state index contributed by atoms with van der Waals surface area (Å²) in [5, 5.41) is 12.3. The van der Waals surface area contributed by atoms with Crippen molar-refractivity contribution in [3.8, 4) is 0 Å². The lowest BCUT2D eigenvalue weighted by atomic mass is 10.5. The largest absolute Gasteiger partial charge is 0.252 e. The van der Waals surface area contributed by atoms with E-state index < -0.39 is 0 Å². The number of nitrogens with zero attached hydrogens (tertiary/aromatic N) is 2. The summed E-state index contributed by atoms with van der Waals surface area (Å²) in [6.07, 6.45) is 3.42. The van der Waals surface area contributed by atoms with Crippen molar-refractivity contribution in [1.29, 1.82) is 0 Å². The number of hydrogen-bond donors (Lipinski definition) is 2. The Morgan fingerprint density at radius 2 is 1.50 bits per heavy atom. The fraction of sp³-hybridized carbons (Fsp3) is 0. The first kappa shape index (κ1) is 12.9. The van der Waals surface area contributed by atoms with Crippen LogP contribution in [0.2, 0.25) is 0 Å². The summed E-state index contributed by atoms with van der Waals surface area (Å²) in [7, 11) is 0. The van der Waals surface area contributed by atoms with Gasteiger partial charge in [-0.1, -0.05) is 12.1 Å². The van der Waals surface area contributed by atoms with Crippen LogP contribution in [0.3, 0.4) is 0 Å². The molecule has 92 valence electrons. The van der Waals surface area contributed by atoms with Gasteiger partial charge >= 0.3 is 0 Å². The van der Waals surface area contributed by atoms with Gasteiger partial charge in [-0.05, 0) is 35.1 Å². The Hall–Kier alpha value is -1.57. The van der Waals surface area contributed by atoms with Crippen LogP contribution in [0.4, 0.5) is 0 Å². The minimum Gasteiger partial charge on any atom is -0.252 e. The van der Waals surface area contributed by atoms with Gasteiger partial charge in [-0.3, -0.25) is 10.9 Å². The van der Waals surface area contributed by atoms with Gasteiger partial charge in [0.1, 0.15) is 0 Å². The van der Waals surface area contributed by atoms with Crippen LogP contribution in [0.1, 0.15) is 9.75 Å². The molecular formula is C11H10N4S3. The van der Waals surface area contributed by atoms with Gasteiger partial charge in [-0.15, -0.1) is 22.7 Å². The monoisotopic (exact) mass is 294 g/mol. The van der Waals surface area contributed by atoms with E-state index in [4.69, 9.17) is 12.2 Å². The molecule has 7 heteroatoms. The summed E-state index contributed by atoms with van der Waals surface area (Å²) in [6, 6.07) is 7.88. The van der Waals surface area contributed by atoms with Crippen LogP contribution in [-0.2, 0) is 0 Å². The Bertz CT molecular complexity index is 480. The van der Waals surface area contributed by atoms with Crippen molar-refractivity contribution in [2.75, 3.05) is 0 Å². The minimum atomic E-state index is 0.357. The van der Waals surface area contributed by atoms with Crippen molar-refractivity contribution >= 4 is 52.4 Å². The van der Waals surface area contributed by atoms with E-state index in [0.717, 1.165) is 9.75 Å². The van der Waals surface area contributed by atoms with Crippen molar-refractivity contribution < 1.29 is 0 Å². The molecule has 2 rings (SSSR count). The molecule has 0 aliphatic rings. The van der Waals surface area contributed by atoms with Crippen LogP contribution in [0, 0.1) is 0 Å². The molecule has 2 aromatic heterocycles. The SMILES string of the molecule is S=C(NN=Cc1cccs1)NN=Cc1cccs1. The summed E-state index contributed by atoms with van der Waals surface area (Å²) in [5.74, 6) is 0. The highest BCUT2D eigenvalue weighted by Crippen LogP contribution is 2.04. The van der Waals surface area contributed by atoms with Crippen molar-refractivity contribution in [3.63, 3.8) is 0 Å². The maximum Gasteiger partial charge on any atom is 0.207 e. The molecule has 0 saturated heterocycles. The second-order valence-electron chi connectivity index (χ2n) is 3.10. The molecule has 0 bridgehead atoms. The zero-order chi connectivity index (χ0) is 12.6. The smallest absolute Gasteiger partial charge is 0.207 e. The molecule has 2 heterocycles. The molecule has 0 fully saturated rings. The lowest BCUT2D eigenvalue weighted by Crippen LogP contribution is -2.28. The van der Waals surface area contributed by atoms with Crippen molar-refractivity contribution in [2.45, 2.75) is 0 Å². The van der Waals surface area contributed by atoms with Crippen LogP contribution in [0.25, 0.3) is 0 Å². The standard InChI is InChI=1S/C11H10N4S3/c16-11(14-12-7-9-3-1-5-17-9)15-13-8-10-4-2-6-18-10/h1-8H,(H2,14,15,16). The molecule has 18 heavy (non-hydrogen) atoms. The van der Waals surface area contributed by atoms with Gasteiger partial charge in [-0.25, -0.2) is 0 Å². The van der Waals surface area contributed by atoms with Gasteiger partial charge in [0.15, 0.2) is 0 Å². The maximum absolute atomic E-state index is 5.00. The summed E-state index contributed by atoms with van der Waals surface area (Å²) in [5.41, 5.74) is 5.37. The van der Waals surface area contributed by atoms with E-state index in [0.29, 0.717) is 5.11 Å². The highest BCUT2D eigenvalue weighted by molar-refractivity contribution is 7.80. The Morgan fingerprint density at radius 3 is 1.89 bits per heavy atom. The van der Waals surface area contributed by atoms with E-state index in [1.165, 1.54) is 0 Å². The molecular weight excluding hydrogens is 284 g/mol. The average Bonchev–Trinajstić information content (AvgIpc) is 3.01. The van der Waals surface area contributed by atoms with E-state index >= 15 is 0 Å². The molecule has 0 amide bonds. The van der Waals surface area contributed by atoms with Crippen LogP contribution >= 0.6 is 34.9 Å². The van der Waals surface area contributed by atoms with E-state index in [2.05, 4.69) is 21.1 Å². The molecule has 0 saturated carbocycles. The first-order valence-electron chi connectivity index (χ1n) is 5.04. The number of thiophene rings is 2. The third kappa shape index (κ3) is 4.36. The molecule has 2 aromatic rings. The predicted molar refractivity (Wildman–Crippen MR) is 82.7 cm³/mol. The Balaban J connectivity index is 1.72. The van der Waals surface area contributed by atoms with E-state index in [1.54, 1.807) is 35.1 Å². The second kappa shape index (κ2) is 7.00. The molecule has 0 aromatic carbocycles. The zero-order valence-corrected chi connectivity index (χ0v) is 11.7. The fourth-order valence-corrected chi connectivity index (χ4v) is 2.34. The lowest BCUT2D eigenvalue weighted by Gasteiger charge is -1.99. The van der Waals surface area contributed by atoms with Crippen molar-refractivity contribution in [3.05, 3.63) is 44.8 Å². The van der Waals surface area contributed by atoms with E-state index in [-0.39, 0.29) is 0 Å². The van der Waals surface area contributed by atoms with E-state index in [1.807, 2.05) is 35.0 Å². The molecule has 0 unspecified atom stereocenters. The van der Waals surface area contributed by atoms with Crippen LogP contribution in [0.15, 0.2) is 45.2 Å². The lowest BCUT2D eigenvalue weighted by molar-refractivity contribution is 0.935. The van der Waals surface area contributed by atoms with Gasteiger partial charge < -0.3 is 0 Å². The summed E-state index contributed by atoms with van der Waals surface area (Å²) < 4.78 is 0. The van der Waals surface area contributed by atoms with Gasteiger partial charge in [0.25, 0.3) is 0 Å². The highest BCUT2D eigenvalue weighted by atomic mass is 32.1. The molecule has 0 atom stereocenters. The van der Waals surface area contributed by atoms with Crippen LogP contribution in [0.5, 0.6) is 0 Å². The predicted octanol–water partition coefficient (Wildman–Crippen LogP) is 2.64. The van der Waals surface area contributed by atoms with Crippen molar-refractivity contribution in [2.24, 2.45) is 10.2 Å². The molecule has 2 N–H and O–H groups in total. The molecule has 0 spiro atoms. The normalized spacial score (nSPS) is 11.1. The third-order valence-corrected chi connectivity index (χ3v) is 3.60. The number of nitrogens with one attached hydrogen (secondary N) is 2. The first-order valence-corrected chi connectivity index (χ1v) is 7.20. The second-order valence-corrected chi connectivity index (χ2v) is 5.47. The number of thiocarbonyl (C=S) groups is 1. The van der Waals surface area contributed by atoms with Crippen molar-refractivity contribution in [1.82, 2.24) is 10.9 Å². The summed E-state index contributed by atoms with van der Waals surface area (Å²) in [4.78, 5) is 2.12. The van der Waals surface area contributed by atoms with Crippen LogP contribution in [-0.4, -0.2) is 17.5 Å². The van der Waals surface area contributed by atoms with Crippen LogP contribution < -0.4 is 10.9 Å². The quantitative estimate of drug-likeness (QED) is 0.518.